The van der Waals surface area contributed by atoms with Gasteiger partial charge in [-0.05, 0) is 25.2 Å². The van der Waals surface area contributed by atoms with E-state index in [9.17, 15) is 4.79 Å². The Morgan fingerprint density at radius 1 is 1.36 bits per heavy atom. The number of hydrogen-bond donors (Lipinski definition) is 0. The van der Waals surface area contributed by atoms with E-state index in [0.29, 0.717) is 17.6 Å². The molecule has 2 aliphatic rings. The third kappa shape index (κ3) is 1.10. The zero-order chi connectivity index (χ0) is 10.7. The monoisotopic (exact) mass is 196 g/mol. The second-order valence-corrected chi connectivity index (χ2v) is 5.85. The summed E-state index contributed by atoms with van der Waals surface area (Å²) < 4.78 is 5.54. The van der Waals surface area contributed by atoms with E-state index in [-0.39, 0.29) is 11.5 Å². The van der Waals surface area contributed by atoms with Crippen molar-refractivity contribution in [1.29, 1.82) is 0 Å². The summed E-state index contributed by atoms with van der Waals surface area (Å²) in [4.78, 5) is 12.2. The highest BCUT2D eigenvalue weighted by molar-refractivity contribution is 5.95. The average Bonchev–Trinajstić information content (AvgIpc) is 2.71. The molecule has 0 unspecified atom stereocenters. The Morgan fingerprint density at radius 3 is 2.43 bits per heavy atom. The molecule has 2 rings (SSSR count). The third-order valence-electron chi connectivity index (χ3n) is 4.18. The maximum atomic E-state index is 12.2. The first kappa shape index (κ1) is 10.2. The predicted molar refractivity (Wildman–Crippen MR) is 55.0 cm³/mol. The van der Waals surface area contributed by atoms with Crippen LogP contribution in [0, 0.1) is 17.3 Å². The Labute approximate surface area is 86.0 Å². The first-order valence-corrected chi connectivity index (χ1v) is 5.53. The average molecular weight is 196 g/mol. The van der Waals surface area contributed by atoms with E-state index in [1.807, 2.05) is 6.92 Å². The minimum Gasteiger partial charge on any atom is -0.358 e. The van der Waals surface area contributed by atoms with Crippen LogP contribution >= 0.6 is 0 Å². The molecule has 3 atom stereocenters. The van der Waals surface area contributed by atoms with Crippen molar-refractivity contribution in [1.82, 2.24) is 0 Å². The Bertz CT molecular complexity index is 280. The van der Waals surface area contributed by atoms with Gasteiger partial charge in [-0.25, -0.2) is 0 Å². The molecule has 1 aliphatic heterocycles. The van der Waals surface area contributed by atoms with Crippen LogP contribution in [-0.2, 0) is 9.53 Å². The molecule has 2 fully saturated rings. The lowest BCUT2D eigenvalue weighted by atomic mass is 9.61. The third-order valence-corrected chi connectivity index (χ3v) is 4.18. The van der Waals surface area contributed by atoms with E-state index in [4.69, 9.17) is 4.74 Å². The van der Waals surface area contributed by atoms with Gasteiger partial charge in [-0.1, -0.05) is 27.7 Å². The van der Waals surface area contributed by atoms with Crippen LogP contribution in [0.4, 0.5) is 0 Å². The van der Waals surface area contributed by atoms with E-state index >= 15 is 0 Å². The zero-order valence-corrected chi connectivity index (χ0v) is 9.76. The fraction of sp³-hybridized carbons (Fsp3) is 0.917. The van der Waals surface area contributed by atoms with Crippen molar-refractivity contribution in [2.45, 2.75) is 52.7 Å². The Morgan fingerprint density at radius 2 is 1.93 bits per heavy atom. The molecule has 14 heavy (non-hydrogen) atoms. The van der Waals surface area contributed by atoms with Gasteiger partial charge in [0.25, 0.3) is 0 Å². The molecule has 2 heteroatoms. The fourth-order valence-corrected chi connectivity index (χ4v) is 3.17. The minimum atomic E-state index is -0.436. The lowest BCUT2D eigenvalue weighted by Gasteiger charge is -2.39. The molecule has 1 aliphatic carbocycles. The number of carbonyl (C=O) groups excluding carboxylic acids is 1. The standard InChI is InChI=1S/C12H20O2/c1-7(2)8-6-9-12(5,14-9)10(13)11(8,3)4/h7-9H,6H2,1-5H3/t8-,9-,12-/m0/s1. The quantitative estimate of drug-likeness (QED) is 0.603. The van der Waals surface area contributed by atoms with Gasteiger partial charge in [-0.3, -0.25) is 4.79 Å². The maximum Gasteiger partial charge on any atom is 0.172 e. The van der Waals surface area contributed by atoms with Crippen LogP contribution < -0.4 is 0 Å². The molecular formula is C12H20O2. The van der Waals surface area contributed by atoms with Crippen molar-refractivity contribution in [3.63, 3.8) is 0 Å². The van der Waals surface area contributed by atoms with Crippen molar-refractivity contribution >= 4 is 5.78 Å². The van der Waals surface area contributed by atoms with E-state index < -0.39 is 5.60 Å². The van der Waals surface area contributed by atoms with Gasteiger partial charge in [0, 0.05) is 5.41 Å². The minimum absolute atomic E-state index is 0.204. The van der Waals surface area contributed by atoms with Crippen LogP contribution in [0.25, 0.3) is 0 Å². The molecule has 0 aromatic heterocycles. The smallest absolute Gasteiger partial charge is 0.172 e. The van der Waals surface area contributed by atoms with Gasteiger partial charge < -0.3 is 4.74 Å². The lowest BCUT2D eigenvalue weighted by molar-refractivity contribution is -0.137. The molecular weight excluding hydrogens is 176 g/mol. The Kier molecular flexibility index (Phi) is 1.89. The maximum absolute atomic E-state index is 12.2. The van der Waals surface area contributed by atoms with Crippen molar-refractivity contribution < 1.29 is 9.53 Å². The van der Waals surface area contributed by atoms with E-state index in [1.54, 1.807) is 0 Å². The summed E-state index contributed by atoms with van der Waals surface area (Å²) in [5, 5.41) is 0. The van der Waals surface area contributed by atoms with Gasteiger partial charge >= 0.3 is 0 Å². The number of ketones is 1. The molecule has 0 aromatic carbocycles. The summed E-state index contributed by atoms with van der Waals surface area (Å²) >= 11 is 0. The number of hydrogen-bond acceptors (Lipinski definition) is 2. The van der Waals surface area contributed by atoms with Crippen LogP contribution in [-0.4, -0.2) is 17.5 Å². The molecule has 0 amide bonds. The topological polar surface area (TPSA) is 29.6 Å². The number of carbonyl (C=O) groups is 1. The highest BCUT2D eigenvalue weighted by atomic mass is 16.6. The largest absolute Gasteiger partial charge is 0.358 e. The normalized spacial score (nSPS) is 45.1. The molecule has 0 aromatic rings. The number of ether oxygens (including phenoxy) is 1. The van der Waals surface area contributed by atoms with Gasteiger partial charge in [-0.15, -0.1) is 0 Å². The molecule has 0 radical (unpaired) electrons. The van der Waals surface area contributed by atoms with Crippen molar-refractivity contribution in [2.75, 3.05) is 0 Å². The highest BCUT2D eigenvalue weighted by Crippen LogP contribution is 2.55. The van der Waals surface area contributed by atoms with E-state index in [0.717, 1.165) is 6.42 Å². The first-order valence-electron chi connectivity index (χ1n) is 5.53. The van der Waals surface area contributed by atoms with Gasteiger partial charge in [0.05, 0.1) is 6.10 Å². The van der Waals surface area contributed by atoms with Gasteiger partial charge in [0.1, 0.15) is 0 Å². The van der Waals surface area contributed by atoms with Crippen LogP contribution in [0.15, 0.2) is 0 Å². The molecule has 0 bridgehead atoms. The van der Waals surface area contributed by atoms with Gasteiger partial charge in [0.2, 0.25) is 0 Å². The summed E-state index contributed by atoms with van der Waals surface area (Å²) in [5.74, 6) is 1.33. The molecule has 1 saturated carbocycles. The summed E-state index contributed by atoms with van der Waals surface area (Å²) in [5.41, 5.74) is -0.648. The van der Waals surface area contributed by atoms with Crippen LogP contribution in [0.1, 0.15) is 41.0 Å². The second-order valence-electron chi connectivity index (χ2n) is 5.85. The van der Waals surface area contributed by atoms with Crippen LogP contribution in [0.5, 0.6) is 0 Å². The predicted octanol–water partition coefficient (Wildman–Crippen LogP) is 2.42. The van der Waals surface area contributed by atoms with Crippen LogP contribution in [0.2, 0.25) is 0 Å². The number of Topliss-reactive ketones (excluding diaryl/α,β-unsaturated/α-hetero) is 1. The second kappa shape index (κ2) is 2.60. The van der Waals surface area contributed by atoms with Crippen molar-refractivity contribution in [3.05, 3.63) is 0 Å². The summed E-state index contributed by atoms with van der Waals surface area (Å²) in [6.07, 6.45) is 1.25. The number of fused-ring (bicyclic) bond motifs is 1. The molecule has 1 saturated heterocycles. The molecule has 80 valence electrons. The highest BCUT2D eigenvalue weighted by Gasteiger charge is 2.67. The summed E-state index contributed by atoms with van der Waals surface area (Å²) in [6.45, 7) is 10.5. The SMILES string of the molecule is CC(C)[C@@H]1C[C@@H]2O[C@]2(C)C(=O)C1(C)C. The van der Waals surface area contributed by atoms with Crippen molar-refractivity contribution in [2.24, 2.45) is 17.3 Å². The summed E-state index contributed by atoms with van der Waals surface area (Å²) in [6, 6.07) is 0. The number of epoxide rings is 1. The van der Waals surface area contributed by atoms with E-state index in [1.165, 1.54) is 0 Å². The Hall–Kier alpha value is -0.370. The lowest BCUT2D eigenvalue weighted by Crippen LogP contribution is -2.48. The Balaban J connectivity index is 2.29. The number of rotatable bonds is 1. The molecule has 2 nitrogen and oxygen atoms in total. The fourth-order valence-electron chi connectivity index (χ4n) is 3.17. The first-order chi connectivity index (χ1) is 6.30. The van der Waals surface area contributed by atoms with Crippen LogP contribution in [0.3, 0.4) is 0 Å². The van der Waals surface area contributed by atoms with Gasteiger partial charge in [-0.2, -0.15) is 0 Å². The van der Waals surface area contributed by atoms with Gasteiger partial charge in [0.15, 0.2) is 11.4 Å². The zero-order valence-electron chi connectivity index (χ0n) is 9.76. The van der Waals surface area contributed by atoms with Crippen molar-refractivity contribution in [3.8, 4) is 0 Å². The molecule has 1 heterocycles. The molecule has 0 N–H and O–H groups in total. The van der Waals surface area contributed by atoms with E-state index in [2.05, 4.69) is 27.7 Å². The summed E-state index contributed by atoms with van der Waals surface area (Å²) in [7, 11) is 0. The molecule has 0 spiro atoms.